The Morgan fingerprint density at radius 3 is 2.13 bits per heavy atom. The summed E-state index contributed by atoms with van der Waals surface area (Å²) in [5.41, 5.74) is 0.961. The van der Waals surface area contributed by atoms with E-state index in [4.69, 9.17) is 10.0 Å². The van der Waals surface area contributed by atoms with Gasteiger partial charge in [0.25, 0.3) is 0 Å². The maximum Gasteiger partial charge on any atom is 0.432 e. The van der Waals surface area contributed by atoms with E-state index < -0.39 is 17.7 Å². The molecule has 0 saturated carbocycles. The first-order chi connectivity index (χ1) is 6.99. The lowest BCUT2D eigenvalue weighted by Gasteiger charge is -2.00. The highest BCUT2D eigenvalue weighted by molar-refractivity contribution is 7.88. The summed E-state index contributed by atoms with van der Waals surface area (Å²) in [4.78, 5) is 0. The van der Waals surface area contributed by atoms with Crippen LogP contribution in [0.25, 0.3) is 0 Å². The van der Waals surface area contributed by atoms with E-state index in [0.29, 0.717) is 6.54 Å². The maximum atomic E-state index is 10.7. The van der Waals surface area contributed by atoms with Crippen molar-refractivity contribution in [1.82, 2.24) is 4.72 Å². The van der Waals surface area contributed by atoms with Gasteiger partial charge < -0.3 is 10.0 Å². The minimum Gasteiger partial charge on any atom is -0.430 e. The Labute approximate surface area is 90.1 Å². The van der Waals surface area contributed by atoms with Crippen LogP contribution in [0, 0.1) is 0 Å². The van der Waals surface area contributed by atoms with Gasteiger partial charge in [0.1, 0.15) is 0 Å². The first kappa shape index (κ1) is 14.1. The van der Waals surface area contributed by atoms with Crippen molar-refractivity contribution in [2.24, 2.45) is 0 Å². The van der Waals surface area contributed by atoms with Gasteiger partial charge in [-0.05, 0) is 5.56 Å². The molecule has 1 aromatic carbocycles. The van der Waals surface area contributed by atoms with Gasteiger partial charge in [-0.3, -0.25) is 0 Å². The third-order valence-electron chi connectivity index (χ3n) is 1.38. The van der Waals surface area contributed by atoms with Gasteiger partial charge in [0.2, 0.25) is 10.0 Å². The van der Waals surface area contributed by atoms with Gasteiger partial charge in [0.05, 0.1) is 6.26 Å². The predicted molar refractivity (Wildman–Crippen MR) is 59.7 cm³/mol. The lowest BCUT2D eigenvalue weighted by Crippen LogP contribution is -2.20. The Kier molecular flexibility index (Phi) is 6.97. The molecule has 0 aliphatic heterocycles. The van der Waals surface area contributed by atoms with Gasteiger partial charge in [-0.2, -0.15) is 0 Å². The number of sulfonamides is 1. The predicted octanol–water partition coefficient (Wildman–Crippen LogP) is -1.03. The summed E-state index contributed by atoms with van der Waals surface area (Å²) in [5.74, 6) is 0. The minimum absolute atomic E-state index is 0.361. The molecule has 0 atom stereocenters. The Morgan fingerprint density at radius 2 is 1.73 bits per heavy atom. The van der Waals surface area contributed by atoms with Crippen LogP contribution in [0.15, 0.2) is 30.3 Å². The van der Waals surface area contributed by atoms with Crippen LogP contribution in [0.4, 0.5) is 0 Å². The monoisotopic (exact) mass is 231 g/mol. The molecular weight excluding hydrogens is 217 g/mol. The fourth-order valence-electron chi connectivity index (χ4n) is 0.810. The third-order valence-corrected chi connectivity index (χ3v) is 2.05. The molecule has 1 aromatic rings. The summed E-state index contributed by atoms with van der Waals surface area (Å²) in [5, 5.41) is 14.2. The fourth-order valence-corrected chi connectivity index (χ4v) is 1.24. The summed E-state index contributed by atoms with van der Waals surface area (Å²) in [6.45, 7) is 0.361. The van der Waals surface area contributed by atoms with Gasteiger partial charge in [0, 0.05) is 6.54 Å². The summed E-state index contributed by atoms with van der Waals surface area (Å²) in [6.07, 6.45) is 1.15. The van der Waals surface area contributed by atoms with Crippen molar-refractivity contribution in [1.29, 1.82) is 0 Å². The Bertz CT molecular complexity index is 354. The van der Waals surface area contributed by atoms with Crippen molar-refractivity contribution in [2.45, 2.75) is 6.54 Å². The fraction of sp³-hybridized carbons (Fsp3) is 0.250. The second kappa shape index (κ2) is 7.41. The van der Waals surface area contributed by atoms with Crippen molar-refractivity contribution in [3.63, 3.8) is 0 Å². The average molecular weight is 231 g/mol. The van der Waals surface area contributed by atoms with Gasteiger partial charge in [0.15, 0.2) is 0 Å². The van der Waals surface area contributed by atoms with E-state index in [1.807, 2.05) is 30.3 Å². The molecule has 0 fully saturated rings. The maximum absolute atomic E-state index is 10.7. The standard InChI is InChI=1S/C8H11NO2S.BH3O2/c1-12(10,11)9-7-8-5-3-2-4-6-8;2-1-3/h2-6,9H,7H2,1H3;1-3H. The van der Waals surface area contributed by atoms with Crippen molar-refractivity contribution < 1.29 is 18.5 Å². The molecule has 5 nitrogen and oxygen atoms in total. The molecule has 0 heterocycles. The zero-order valence-corrected chi connectivity index (χ0v) is 9.24. The number of nitrogens with one attached hydrogen (secondary N) is 1. The Morgan fingerprint density at radius 1 is 1.27 bits per heavy atom. The smallest absolute Gasteiger partial charge is 0.430 e. The van der Waals surface area contributed by atoms with E-state index in [1.165, 1.54) is 0 Å². The molecule has 0 aromatic heterocycles. The van der Waals surface area contributed by atoms with Gasteiger partial charge in [-0.1, -0.05) is 30.3 Å². The first-order valence-electron chi connectivity index (χ1n) is 4.20. The number of hydrogen-bond donors (Lipinski definition) is 3. The van der Waals surface area contributed by atoms with Crippen molar-refractivity contribution in [3.05, 3.63) is 35.9 Å². The van der Waals surface area contributed by atoms with Crippen molar-refractivity contribution >= 4 is 17.7 Å². The highest BCUT2D eigenvalue weighted by atomic mass is 32.2. The molecule has 3 N–H and O–H groups in total. The topological polar surface area (TPSA) is 86.6 Å². The summed E-state index contributed by atoms with van der Waals surface area (Å²) in [6, 6.07) is 9.39. The lowest BCUT2D eigenvalue weighted by atomic mass is 10.2. The highest BCUT2D eigenvalue weighted by Gasteiger charge is 1.98. The van der Waals surface area contributed by atoms with Crippen LogP contribution in [0.5, 0.6) is 0 Å². The third kappa shape index (κ3) is 9.42. The SMILES string of the molecule is CS(=O)(=O)NCc1ccccc1.OBO. The quantitative estimate of drug-likeness (QED) is 0.581. The molecule has 0 saturated heterocycles. The molecule has 0 unspecified atom stereocenters. The molecule has 15 heavy (non-hydrogen) atoms. The van der Waals surface area contributed by atoms with Crippen LogP contribution in [-0.4, -0.2) is 32.4 Å². The van der Waals surface area contributed by atoms with E-state index in [1.54, 1.807) is 0 Å². The molecule has 0 aliphatic carbocycles. The van der Waals surface area contributed by atoms with Crippen LogP contribution in [0.2, 0.25) is 0 Å². The number of hydrogen-bond acceptors (Lipinski definition) is 4. The summed E-state index contributed by atoms with van der Waals surface area (Å²) in [7, 11) is -3.82. The molecule has 7 heteroatoms. The van der Waals surface area contributed by atoms with Gasteiger partial charge in [-0.15, -0.1) is 0 Å². The largest absolute Gasteiger partial charge is 0.432 e. The summed E-state index contributed by atoms with van der Waals surface area (Å²) >= 11 is 0. The lowest BCUT2D eigenvalue weighted by molar-refractivity contribution is 0.448. The molecule has 1 rings (SSSR count). The molecule has 0 amide bonds. The zero-order chi connectivity index (χ0) is 11.7. The average Bonchev–Trinajstić information content (AvgIpc) is 2.17. The number of rotatable bonds is 3. The van der Waals surface area contributed by atoms with Crippen LogP contribution in [-0.2, 0) is 16.6 Å². The van der Waals surface area contributed by atoms with E-state index in [-0.39, 0.29) is 0 Å². The van der Waals surface area contributed by atoms with E-state index >= 15 is 0 Å². The number of benzene rings is 1. The van der Waals surface area contributed by atoms with Crippen molar-refractivity contribution in [2.75, 3.05) is 6.26 Å². The summed E-state index contributed by atoms with van der Waals surface area (Å²) < 4.78 is 23.8. The molecule has 0 bridgehead atoms. The second-order valence-corrected chi connectivity index (χ2v) is 4.55. The van der Waals surface area contributed by atoms with Gasteiger partial charge in [-0.25, -0.2) is 13.1 Å². The van der Waals surface area contributed by atoms with E-state index in [0.717, 1.165) is 11.8 Å². The van der Waals surface area contributed by atoms with E-state index in [9.17, 15) is 8.42 Å². The second-order valence-electron chi connectivity index (χ2n) is 2.72. The Hall–Kier alpha value is -0.885. The van der Waals surface area contributed by atoms with Crippen LogP contribution >= 0.6 is 0 Å². The molecule has 0 aliphatic rings. The normalized spacial score (nSPS) is 10.1. The highest BCUT2D eigenvalue weighted by Crippen LogP contribution is 1.97. The zero-order valence-electron chi connectivity index (χ0n) is 8.42. The molecular formula is C8H14BNO4S. The first-order valence-corrected chi connectivity index (χ1v) is 6.09. The molecule has 0 radical (unpaired) electrons. The molecule has 0 spiro atoms. The van der Waals surface area contributed by atoms with Gasteiger partial charge >= 0.3 is 7.69 Å². The van der Waals surface area contributed by atoms with Crippen molar-refractivity contribution in [3.8, 4) is 0 Å². The Balaban J connectivity index is 0.000000583. The van der Waals surface area contributed by atoms with Crippen LogP contribution < -0.4 is 4.72 Å². The van der Waals surface area contributed by atoms with Crippen LogP contribution in [0.1, 0.15) is 5.56 Å². The van der Waals surface area contributed by atoms with E-state index in [2.05, 4.69) is 4.72 Å². The minimum atomic E-state index is -3.07. The van der Waals surface area contributed by atoms with Crippen LogP contribution in [0.3, 0.4) is 0 Å². The molecule has 84 valence electrons.